The van der Waals surface area contributed by atoms with Crippen molar-refractivity contribution in [2.45, 2.75) is 18.6 Å². The van der Waals surface area contributed by atoms with E-state index in [9.17, 15) is 22.8 Å². The maximum absolute atomic E-state index is 13.4. The number of carbonyl (C=O) groups excluding carboxylic acids is 2. The number of hydrogen-bond donors (Lipinski definition) is 0. The summed E-state index contributed by atoms with van der Waals surface area (Å²) in [6, 6.07) is 9.62. The van der Waals surface area contributed by atoms with Gasteiger partial charge in [0, 0.05) is 0 Å². The van der Waals surface area contributed by atoms with E-state index in [4.69, 9.17) is 16.4 Å². The zero-order valence-corrected chi connectivity index (χ0v) is 16.5. The second-order valence-corrected chi connectivity index (χ2v) is 6.85. The molecule has 0 aliphatic carbocycles. The standard InChI is InChI=1S/C22H16F3N3O3/c1-4-11-27-20(30)28(16-8-5-14(13-26)18(12-16)22(23,24)25)19(29)21(27,2)15-6-9-17(31-3)10-7-15/h1,5-10,12H,11H2,2-3H3. The molecule has 1 unspecified atom stereocenters. The Balaban J connectivity index is 2.16. The molecular formula is C22H16F3N3O3. The molecule has 0 spiro atoms. The number of alkyl halides is 3. The predicted molar refractivity (Wildman–Crippen MR) is 105 cm³/mol. The number of benzene rings is 2. The zero-order chi connectivity index (χ0) is 23.0. The zero-order valence-electron chi connectivity index (χ0n) is 16.5. The molecule has 3 amide bonds. The van der Waals surface area contributed by atoms with Gasteiger partial charge in [-0.3, -0.25) is 9.69 Å². The maximum Gasteiger partial charge on any atom is 0.417 e. The number of nitriles is 1. The van der Waals surface area contributed by atoms with Crippen LogP contribution < -0.4 is 9.64 Å². The first-order chi connectivity index (χ1) is 14.6. The Morgan fingerprint density at radius 3 is 2.32 bits per heavy atom. The summed E-state index contributed by atoms with van der Waals surface area (Å²) in [5.41, 5.74) is -3.31. The Labute approximate surface area is 176 Å². The predicted octanol–water partition coefficient (Wildman–Crippen LogP) is 3.90. The van der Waals surface area contributed by atoms with Crippen molar-refractivity contribution in [2.75, 3.05) is 18.6 Å². The van der Waals surface area contributed by atoms with Gasteiger partial charge in [-0.2, -0.15) is 18.4 Å². The molecule has 1 heterocycles. The maximum atomic E-state index is 13.4. The summed E-state index contributed by atoms with van der Waals surface area (Å²) in [6.45, 7) is 1.23. The van der Waals surface area contributed by atoms with Crippen LogP contribution in [0, 0.1) is 23.7 Å². The third-order valence-electron chi connectivity index (χ3n) is 5.17. The van der Waals surface area contributed by atoms with Crippen LogP contribution in [0.4, 0.5) is 23.7 Å². The molecule has 0 N–H and O–H groups in total. The number of urea groups is 1. The molecule has 3 rings (SSSR count). The van der Waals surface area contributed by atoms with Crippen LogP contribution in [-0.4, -0.2) is 30.5 Å². The van der Waals surface area contributed by atoms with Crippen molar-refractivity contribution >= 4 is 17.6 Å². The monoisotopic (exact) mass is 427 g/mol. The molecule has 2 aromatic rings. The summed E-state index contributed by atoms with van der Waals surface area (Å²) in [6.07, 6.45) is 0.543. The molecular weight excluding hydrogens is 411 g/mol. The summed E-state index contributed by atoms with van der Waals surface area (Å²) >= 11 is 0. The van der Waals surface area contributed by atoms with Gasteiger partial charge in [0.1, 0.15) is 11.3 Å². The fourth-order valence-electron chi connectivity index (χ4n) is 3.47. The first-order valence-electron chi connectivity index (χ1n) is 8.95. The summed E-state index contributed by atoms with van der Waals surface area (Å²) in [7, 11) is 1.47. The van der Waals surface area contributed by atoms with E-state index in [0.717, 1.165) is 17.0 Å². The largest absolute Gasteiger partial charge is 0.497 e. The Bertz CT molecular complexity index is 1130. The normalized spacial score (nSPS) is 18.7. The number of rotatable bonds is 4. The summed E-state index contributed by atoms with van der Waals surface area (Å²) in [4.78, 5) is 28.3. The number of amides is 3. The van der Waals surface area contributed by atoms with Gasteiger partial charge in [-0.15, -0.1) is 6.42 Å². The van der Waals surface area contributed by atoms with Crippen LogP contribution in [0.25, 0.3) is 0 Å². The molecule has 1 aliphatic rings. The van der Waals surface area contributed by atoms with E-state index >= 15 is 0 Å². The number of terminal acetylenes is 1. The van der Waals surface area contributed by atoms with E-state index < -0.39 is 34.8 Å². The van der Waals surface area contributed by atoms with Gasteiger partial charge in [0.15, 0.2) is 0 Å². The average Bonchev–Trinajstić information content (AvgIpc) is 2.94. The SMILES string of the molecule is C#CCN1C(=O)N(c2ccc(C#N)c(C(F)(F)F)c2)C(=O)C1(C)c1ccc(OC)cc1. The number of halogens is 3. The van der Waals surface area contributed by atoms with Crippen LogP contribution in [0.1, 0.15) is 23.6 Å². The van der Waals surface area contributed by atoms with Crippen molar-refractivity contribution in [3.05, 3.63) is 59.2 Å². The molecule has 0 bridgehead atoms. The number of anilines is 1. The Morgan fingerprint density at radius 1 is 1.16 bits per heavy atom. The molecule has 0 saturated carbocycles. The minimum absolute atomic E-state index is 0.244. The van der Waals surface area contributed by atoms with Crippen LogP contribution in [0.5, 0.6) is 5.75 Å². The first kappa shape index (κ1) is 21.7. The van der Waals surface area contributed by atoms with Crippen LogP contribution in [0.15, 0.2) is 42.5 Å². The Kier molecular flexibility index (Phi) is 5.39. The molecule has 1 aliphatic heterocycles. The molecule has 0 aromatic heterocycles. The molecule has 1 atom stereocenters. The van der Waals surface area contributed by atoms with Crippen LogP contribution in [0.2, 0.25) is 0 Å². The number of carbonyl (C=O) groups is 2. The number of ether oxygens (including phenoxy) is 1. The van der Waals surface area contributed by atoms with Crippen molar-refractivity contribution in [1.82, 2.24) is 4.90 Å². The molecule has 31 heavy (non-hydrogen) atoms. The minimum Gasteiger partial charge on any atom is -0.497 e. The summed E-state index contributed by atoms with van der Waals surface area (Å²) in [5.74, 6) is 2.06. The molecule has 9 heteroatoms. The van der Waals surface area contributed by atoms with E-state index in [-0.39, 0.29) is 12.2 Å². The molecule has 1 fully saturated rings. The summed E-state index contributed by atoms with van der Waals surface area (Å²) < 4.78 is 45.3. The van der Waals surface area contributed by atoms with Gasteiger partial charge < -0.3 is 4.74 Å². The first-order valence-corrected chi connectivity index (χ1v) is 8.95. The molecule has 2 aromatic carbocycles. The number of nitrogens with zero attached hydrogens (tertiary/aromatic N) is 3. The van der Waals surface area contributed by atoms with Gasteiger partial charge in [-0.05, 0) is 42.8 Å². The lowest BCUT2D eigenvalue weighted by Gasteiger charge is -2.30. The quantitative estimate of drug-likeness (QED) is 0.548. The van der Waals surface area contributed by atoms with Crippen LogP contribution in [-0.2, 0) is 16.5 Å². The minimum atomic E-state index is -4.84. The van der Waals surface area contributed by atoms with Gasteiger partial charge in [0.25, 0.3) is 5.91 Å². The van der Waals surface area contributed by atoms with E-state index in [1.54, 1.807) is 24.3 Å². The topological polar surface area (TPSA) is 73.6 Å². The number of imide groups is 1. The fourth-order valence-corrected chi connectivity index (χ4v) is 3.47. The second-order valence-electron chi connectivity index (χ2n) is 6.85. The Hall–Kier alpha value is -3.98. The van der Waals surface area contributed by atoms with Crippen molar-refractivity contribution < 1.29 is 27.5 Å². The van der Waals surface area contributed by atoms with Crippen molar-refractivity contribution in [2.24, 2.45) is 0 Å². The lowest BCUT2D eigenvalue weighted by atomic mass is 9.90. The highest BCUT2D eigenvalue weighted by atomic mass is 19.4. The van der Waals surface area contributed by atoms with Crippen molar-refractivity contribution in [1.29, 1.82) is 5.26 Å². The van der Waals surface area contributed by atoms with Gasteiger partial charge in [-0.1, -0.05) is 18.1 Å². The Morgan fingerprint density at radius 2 is 1.81 bits per heavy atom. The lowest BCUT2D eigenvalue weighted by Crippen LogP contribution is -2.44. The van der Waals surface area contributed by atoms with Gasteiger partial charge >= 0.3 is 12.2 Å². The number of hydrogen-bond acceptors (Lipinski definition) is 4. The van der Waals surface area contributed by atoms with Gasteiger partial charge in [0.05, 0.1) is 36.5 Å². The smallest absolute Gasteiger partial charge is 0.417 e. The second kappa shape index (κ2) is 7.69. The van der Waals surface area contributed by atoms with E-state index in [2.05, 4.69) is 5.92 Å². The lowest BCUT2D eigenvalue weighted by molar-refractivity contribution is -0.137. The highest BCUT2D eigenvalue weighted by molar-refractivity contribution is 6.23. The van der Waals surface area contributed by atoms with Gasteiger partial charge in [-0.25, -0.2) is 9.69 Å². The van der Waals surface area contributed by atoms with Crippen molar-refractivity contribution in [3.8, 4) is 24.2 Å². The molecule has 6 nitrogen and oxygen atoms in total. The molecule has 0 radical (unpaired) electrons. The van der Waals surface area contributed by atoms with Crippen LogP contribution >= 0.6 is 0 Å². The average molecular weight is 427 g/mol. The third kappa shape index (κ3) is 3.44. The molecule has 1 saturated heterocycles. The number of methoxy groups -OCH3 is 1. The van der Waals surface area contributed by atoms with Crippen LogP contribution in [0.3, 0.4) is 0 Å². The van der Waals surface area contributed by atoms with E-state index in [0.29, 0.717) is 22.3 Å². The molecule has 158 valence electrons. The highest BCUT2D eigenvalue weighted by Gasteiger charge is 2.56. The highest BCUT2D eigenvalue weighted by Crippen LogP contribution is 2.41. The van der Waals surface area contributed by atoms with Gasteiger partial charge in [0.2, 0.25) is 0 Å². The van der Waals surface area contributed by atoms with E-state index in [1.165, 1.54) is 20.1 Å². The van der Waals surface area contributed by atoms with Crippen molar-refractivity contribution in [3.63, 3.8) is 0 Å². The third-order valence-corrected chi connectivity index (χ3v) is 5.17. The summed E-state index contributed by atoms with van der Waals surface area (Å²) in [5, 5.41) is 8.99. The fraction of sp³-hybridized carbons (Fsp3) is 0.227. The van der Waals surface area contributed by atoms with E-state index in [1.807, 2.05) is 0 Å².